The van der Waals surface area contributed by atoms with E-state index in [9.17, 15) is 8.42 Å². The molecule has 1 atom stereocenters. The van der Waals surface area contributed by atoms with Crippen molar-refractivity contribution in [2.75, 3.05) is 24.6 Å². The number of hydrogen-bond donors (Lipinski definition) is 2. The predicted octanol–water partition coefficient (Wildman–Crippen LogP) is 0.943. The van der Waals surface area contributed by atoms with Gasteiger partial charge in [-0.2, -0.15) is 11.8 Å². The fraction of sp³-hybridized carbons (Fsp3) is 1.00. The second kappa shape index (κ2) is 6.41. The molecule has 0 bridgehead atoms. The van der Waals surface area contributed by atoms with Crippen molar-refractivity contribution in [1.29, 1.82) is 0 Å². The van der Waals surface area contributed by atoms with Crippen molar-refractivity contribution in [1.82, 2.24) is 10.0 Å². The van der Waals surface area contributed by atoms with Gasteiger partial charge in [-0.3, -0.25) is 0 Å². The molecule has 0 aromatic heterocycles. The largest absolute Gasteiger partial charge is 0.314 e. The Kier molecular flexibility index (Phi) is 5.14. The quantitative estimate of drug-likeness (QED) is 0.649. The van der Waals surface area contributed by atoms with E-state index in [2.05, 4.69) is 10.0 Å². The monoisotopic (exact) mass is 278 g/mol. The lowest BCUT2D eigenvalue weighted by atomic mass is 10.2. The Balaban J connectivity index is 1.56. The van der Waals surface area contributed by atoms with E-state index in [1.54, 1.807) is 0 Å². The molecule has 1 unspecified atom stereocenters. The van der Waals surface area contributed by atoms with Crippen molar-refractivity contribution in [2.24, 2.45) is 0 Å². The summed E-state index contributed by atoms with van der Waals surface area (Å²) in [6, 6.07) is 0.667. The first-order chi connectivity index (χ1) is 8.16. The van der Waals surface area contributed by atoms with Crippen molar-refractivity contribution < 1.29 is 8.42 Å². The first-order valence-corrected chi connectivity index (χ1v) is 9.18. The van der Waals surface area contributed by atoms with Crippen molar-refractivity contribution in [3.05, 3.63) is 0 Å². The van der Waals surface area contributed by atoms with E-state index in [4.69, 9.17) is 0 Å². The molecule has 2 aliphatic rings. The highest BCUT2D eigenvalue weighted by Crippen LogP contribution is 2.25. The average molecular weight is 278 g/mol. The van der Waals surface area contributed by atoms with E-state index in [1.807, 2.05) is 11.8 Å². The van der Waals surface area contributed by atoms with Gasteiger partial charge in [-0.1, -0.05) is 0 Å². The zero-order chi connectivity index (χ0) is 12.1. The topological polar surface area (TPSA) is 58.2 Å². The molecule has 1 aliphatic carbocycles. The zero-order valence-electron chi connectivity index (χ0n) is 10.2. The molecule has 17 heavy (non-hydrogen) atoms. The van der Waals surface area contributed by atoms with Crippen LogP contribution in [0.2, 0.25) is 0 Å². The van der Waals surface area contributed by atoms with Crippen LogP contribution in [0, 0.1) is 0 Å². The summed E-state index contributed by atoms with van der Waals surface area (Å²) in [7, 11) is -3.05. The standard InChI is InChI=1S/C11H22N2O2S2/c14-17(15,8-2-6-12-10-4-5-10)13-9-11-3-1-7-16-11/h10-13H,1-9H2. The molecular formula is C11H22N2O2S2. The minimum Gasteiger partial charge on any atom is -0.314 e. The van der Waals surface area contributed by atoms with Gasteiger partial charge in [0.25, 0.3) is 0 Å². The fourth-order valence-electron chi connectivity index (χ4n) is 1.95. The molecule has 6 heteroatoms. The second-order valence-electron chi connectivity index (χ2n) is 4.88. The van der Waals surface area contributed by atoms with Crippen molar-refractivity contribution >= 4 is 21.8 Å². The van der Waals surface area contributed by atoms with E-state index >= 15 is 0 Å². The average Bonchev–Trinajstić information content (AvgIpc) is 2.96. The molecule has 0 aromatic rings. The van der Waals surface area contributed by atoms with Crippen LogP contribution in [0.1, 0.15) is 32.1 Å². The highest BCUT2D eigenvalue weighted by Gasteiger charge is 2.21. The summed E-state index contributed by atoms with van der Waals surface area (Å²) in [4.78, 5) is 0. The Morgan fingerprint density at radius 1 is 1.24 bits per heavy atom. The molecule has 0 radical (unpaired) electrons. The van der Waals surface area contributed by atoms with Crippen LogP contribution in [-0.2, 0) is 10.0 Å². The summed E-state index contributed by atoms with van der Waals surface area (Å²) in [5.41, 5.74) is 0. The number of sulfonamides is 1. The van der Waals surface area contributed by atoms with Gasteiger partial charge in [0.05, 0.1) is 5.75 Å². The van der Waals surface area contributed by atoms with Crippen LogP contribution in [0.3, 0.4) is 0 Å². The Labute approximate surface area is 108 Å². The van der Waals surface area contributed by atoms with E-state index in [0.29, 0.717) is 24.3 Å². The van der Waals surface area contributed by atoms with Crippen LogP contribution < -0.4 is 10.0 Å². The molecule has 1 saturated carbocycles. The van der Waals surface area contributed by atoms with Gasteiger partial charge >= 0.3 is 0 Å². The first kappa shape index (κ1) is 13.6. The Hall–Kier alpha value is 0.220. The number of hydrogen-bond acceptors (Lipinski definition) is 4. The van der Waals surface area contributed by atoms with E-state index in [-0.39, 0.29) is 5.75 Å². The van der Waals surface area contributed by atoms with Gasteiger partial charge in [0.15, 0.2) is 0 Å². The lowest BCUT2D eigenvalue weighted by Gasteiger charge is -2.10. The number of nitrogens with one attached hydrogen (secondary N) is 2. The summed E-state index contributed by atoms with van der Waals surface area (Å²) in [5, 5.41) is 3.82. The van der Waals surface area contributed by atoms with E-state index < -0.39 is 10.0 Å². The maximum absolute atomic E-state index is 11.7. The lowest BCUT2D eigenvalue weighted by molar-refractivity contribution is 0.572. The third-order valence-corrected chi connectivity index (χ3v) is 5.99. The minimum atomic E-state index is -3.05. The van der Waals surface area contributed by atoms with Crippen LogP contribution in [0.5, 0.6) is 0 Å². The predicted molar refractivity (Wildman–Crippen MR) is 72.9 cm³/mol. The van der Waals surface area contributed by atoms with Gasteiger partial charge in [-0.25, -0.2) is 13.1 Å². The van der Waals surface area contributed by atoms with Gasteiger partial charge < -0.3 is 5.32 Å². The van der Waals surface area contributed by atoms with Crippen LogP contribution in [0.15, 0.2) is 0 Å². The SMILES string of the molecule is O=S(=O)(CCCNC1CC1)NCC1CCCS1. The Morgan fingerprint density at radius 2 is 2.06 bits per heavy atom. The van der Waals surface area contributed by atoms with Gasteiger partial charge in [-0.15, -0.1) is 0 Å². The van der Waals surface area contributed by atoms with Crippen molar-refractivity contribution in [3.63, 3.8) is 0 Å². The molecular weight excluding hydrogens is 256 g/mol. The summed E-state index contributed by atoms with van der Waals surface area (Å²) in [5.74, 6) is 1.43. The van der Waals surface area contributed by atoms with Crippen LogP contribution in [0.4, 0.5) is 0 Å². The number of thioether (sulfide) groups is 1. The third-order valence-electron chi connectivity index (χ3n) is 3.16. The van der Waals surface area contributed by atoms with Crippen LogP contribution in [-0.4, -0.2) is 44.3 Å². The normalized spacial score (nSPS) is 25.3. The van der Waals surface area contributed by atoms with Gasteiger partial charge in [-0.05, 0) is 44.4 Å². The van der Waals surface area contributed by atoms with E-state index in [0.717, 1.165) is 13.0 Å². The summed E-state index contributed by atoms with van der Waals surface area (Å²) < 4.78 is 26.1. The molecule has 1 saturated heterocycles. The smallest absolute Gasteiger partial charge is 0.211 e. The molecule has 2 rings (SSSR count). The summed E-state index contributed by atoms with van der Waals surface area (Å²) in [6.45, 7) is 1.44. The molecule has 2 fully saturated rings. The molecule has 0 spiro atoms. The van der Waals surface area contributed by atoms with Gasteiger partial charge in [0, 0.05) is 17.8 Å². The Morgan fingerprint density at radius 3 is 2.71 bits per heavy atom. The maximum atomic E-state index is 11.7. The lowest BCUT2D eigenvalue weighted by Crippen LogP contribution is -2.32. The van der Waals surface area contributed by atoms with Crippen molar-refractivity contribution in [3.8, 4) is 0 Å². The van der Waals surface area contributed by atoms with E-state index in [1.165, 1.54) is 25.0 Å². The highest BCUT2D eigenvalue weighted by molar-refractivity contribution is 8.00. The fourth-order valence-corrected chi connectivity index (χ4v) is 4.38. The van der Waals surface area contributed by atoms with Crippen LogP contribution in [0.25, 0.3) is 0 Å². The van der Waals surface area contributed by atoms with Crippen LogP contribution >= 0.6 is 11.8 Å². The summed E-state index contributed by atoms with van der Waals surface area (Å²) in [6.07, 6.45) is 5.59. The minimum absolute atomic E-state index is 0.254. The number of rotatable bonds is 8. The molecule has 1 heterocycles. The molecule has 0 amide bonds. The maximum Gasteiger partial charge on any atom is 0.211 e. The zero-order valence-corrected chi connectivity index (χ0v) is 11.8. The van der Waals surface area contributed by atoms with Crippen molar-refractivity contribution in [2.45, 2.75) is 43.4 Å². The molecule has 0 aromatic carbocycles. The van der Waals surface area contributed by atoms with Gasteiger partial charge in [0.1, 0.15) is 0 Å². The molecule has 100 valence electrons. The second-order valence-corrected chi connectivity index (χ2v) is 8.22. The molecule has 2 N–H and O–H groups in total. The first-order valence-electron chi connectivity index (χ1n) is 6.48. The van der Waals surface area contributed by atoms with Gasteiger partial charge in [0.2, 0.25) is 10.0 Å². The highest BCUT2D eigenvalue weighted by atomic mass is 32.2. The molecule has 4 nitrogen and oxygen atoms in total. The summed E-state index contributed by atoms with van der Waals surface area (Å²) >= 11 is 1.88. The molecule has 1 aliphatic heterocycles. The Bertz CT molecular complexity index is 322. The third kappa shape index (κ3) is 5.59.